The van der Waals surface area contributed by atoms with Crippen molar-refractivity contribution in [2.75, 3.05) is 12.4 Å². The quantitative estimate of drug-likeness (QED) is 0.169. The monoisotopic (exact) mass is 466 g/mol. The molecule has 35 heavy (non-hydrogen) atoms. The third-order valence-electron chi connectivity index (χ3n) is 5.20. The summed E-state index contributed by atoms with van der Waals surface area (Å²) in [6.45, 7) is 0. The van der Waals surface area contributed by atoms with Gasteiger partial charge in [0.1, 0.15) is 17.5 Å². The third kappa shape index (κ3) is 5.18. The van der Waals surface area contributed by atoms with Crippen LogP contribution in [0.1, 0.15) is 15.9 Å². The normalized spacial score (nSPS) is 10.9. The molecule has 0 aliphatic heterocycles. The topological polar surface area (TPSA) is 88.4 Å². The molecular weight excluding hydrogens is 447 g/mol. The molecule has 0 aliphatic carbocycles. The molecule has 4 aromatic rings. The summed E-state index contributed by atoms with van der Waals surface area (Å²) in [6, 6.07) is 24.9. The zero-order chi connectivity index (χ0) is 24.8. The van der Waals surface area contributed by atoms with Gasteiger partial charge < -0.3 is 14.8 Å². The number of hydrogen-bond donors (Lipinski definition) is 1. The minimum Gasteiger partial charge on any atom is -0.493 e. The van der Waals surface area contributed by atoms with Gasteiger partial charge in [-0.25, -0.2) is 9.18 Å². The van der Waals surface area contributed by atoms with Crippen molar-refractivity contribution in [3.8, 4) is 17.6 Å². The van der Waals surface area contributed by atoms with Crippen LogP contribution < -0.4 is 14.8 Å². The van der Waals surface area contributed by atoms with Crippen molar-refractivity contribution >= 4 is 34.4 Å². The minimum atomic E-state index is -0.775. The summed E-state index contributed by atoms with van der Waals surface area (Å²) in [5.74, 6) is -1.57. The van der Waals surface area contributed by atoms with E-state index in [1.54, 1.807) is 30.3 Å². The Labute approximate surface area is 200 Å². The van der Waals surface area contributed by atoms with Crippen LogP contribution in [0.4, 0.5) is 10.1 Å². The number of carbonyl (C=O) groups excluding carboxylic acids is 2. The molecular formula is C28H19FN2O4. The van der Waals surface area contributed by atoms with Crippen molar-refractivity contribution in [3.05, 3.63) is 107 Å². The van der Waals surface area contributed by atoms with E-state index in [4.69, 9.17) is 9.47 Å². The van der Waals surface area contributed by atoms with E-state index in [9.17, 15) is 19.2 Å². The first-order valence-corrected chi connectivity index (χ1v) is 10.6. The van der Waals surface area contributed by atoms with Crippen LogP contribution in [-0.4, -0.2) is 19.0 Å². The Morgan fingerprint density at radius 3 is 2.46 bits per heavy atom. The van der Waals surface area contributed by atoms with E-state index in [2.05, 4.69) is 5.32 Å². The van der Waals surface area contributed by atoms with E-state index in [0.717, 1.165) is 10.8 Å². The van der Waals surface area contributed by atoms with Crippen molar-refractivity contribution in [1.82, 2.24) is 0 Å². The Bertz CT molecular complexity index is 1500. The molecule has 0 radical (unpaired) electrons. The summed E-state index contributed by atoms with van der Waals surface area (Å²) in [6.07, 6.45) is 1.31. The number of carbonyl (C=O) groups is 2. The molecule has 0 aromatic heterocycles. The van der Waals surface area contributed by atoms with E-state index in [0.29, 0.717) is 16.9 Å². The Balaban J connectivity index is 1.62. The molecule has 4 rings (SSSR count). The van der Waals surface area contributed by atoms with E-state index in [1.165, 1.54) is 37.5 Å². The maximum atomic E-state index is 13.9. The number of fused-ring (bicyclic) bond motifs is 1. The molecule has 0 spiro atoms. The Hall–Kier alpha value is -4.96. The van der Waals surface area contributed by atoms with Crippen LogP contribution >= 0.6 is 0 Å². The highest BCUT2D eigenvalue weighted by Gasteiger charge is 2.17. The molecule has 172 valence electrons. The first kappa shape index (κ1) is 23.2. The summed E-state index contributed by atoms with van der Waals surface area (Å²) >= 11 is 0. The second kappa shape index (κ2) is 10.3. The van der Waals surface area contributed by atoms with Crippen molar-refractivity contribution in [2.24, 2.45) is 0 Å². The third-order valence-corrected chi connectivity index (χ3v) is 5.20. The lowest BCUT2D eigenvalue weighted by Gasteiger charge is -2.11. The lowest BCUT2D eigenvalue weighted by molar-refractivity contribution is -0.112. The van der Waals surface area contributed by atoms with Gasteiger partial charge in [0.25, 0.3) is 5.91 Å². The molecule has 7 heteroatoms. The summed E-state index contributed by atoms with van der Waals surface area (Å²) in [5, 5.41) is 13.5. The van der Waals surface area contributed by atoms with Crippen LogP contribution in [0, 0.1) is 17.1 Å². The van der Waals surface area contributed by atoms with Gasteiger partial charge in [-0.05, 0) is 52.7 Å². The molecule has 0 heterocycles. The van der Waals surface area contributed by atoms with Gasteiger partial charge in [-0.15, -0.1) is 0 Å². The molecule has 0 saturated heterocycles. The van der Waals surface area contributed by atoms with Crippen molar-refractivity contribution in [3.63, 3.8) is 0 Å². The highest BCUT2D eigenvalue weighted by atomic mass is 19.1. The van der Waals surface area contributed by atoms with Gasteiger partial charge in [-0.3, -0.25) is 4.79 Å². The van der Waals surface area contributed by atoms with Crippen molar-refractivity contribution < 1.29 is 23.5 Å². The van der Waals surface area contributed by atoms with Crippen molar-refractivity contribution in [2.45, 2.75) is 0 Å². The van der Waals surface area contributed by atoms with Gasteiger partial charge in [0.2, 0.25) is 0 Å². The number of halogens is 1. The number of ether oxygens (including phenoxy) is 2. The Morgan fingerprint density at radius 1 is 0.943 bits per heavy atom. The fourth-order valence-electron chi connectivity index (χ4n) is 3.49. The number of nitriles is 1. The fourth-order valence-corrected chi connectivity index (χ4v) is 3.49. The number of methoxy groups -OCH3 is 1. The van der Waals surface area contributed by atoms with E-state index in [1.807, 2.05) is 36.4 Å². The molecule has 4 aromatic carbocycles. The van der Waals surface area contributed by atoms with Crippen LogP contribution in [0.15, 0.2) is 90.5 Å². The number of para-hydroxylation sites is 1. The van der Waals surface area contributed by atoms with Crippen LogP contribution in [0.5, 0.6) is 11.5 Å². The standard InChI is InChI=1S/C28H19FN2O4/c1-34-25-14-13-18(15-20(17-30)27(32)31-24-12-5-4-11-23(24)29)16-26(25)35-28(33)22-10-6-8-19-7-2-3-9-21(19)22/h2-16H,1H3,(H,31,32)/b20-15+. The van der Waals surface area contributed by atoms with E-state index < -0.39 is 17.7 Å². The zero-order valence-corrected chi connectivity index (χ0v) is 18.6. The second-order valence-corrected chi connectivity index (χ2v) is 7.43. The number of amides is 1. The SMILES string of the molecule is COc1ccc(/C=C(\C#N)C(=O)Nc2ccccc2F)cc1OC(=O)c1cccc2ccccc12. The molecule has 0 atom stereocenters. The van der Waals surface area contributed by atoms with Gasteiger partial charge >= 0.3 is 5.97 Å². The summed E-state index contributed by atoms with van der Waals surface area (Å²) in [5.41, 5.74) is 0.489. The van der Waals surface area contributed by atoms with Crippen LogP contribution in [-0.2, 0) is 4.79 Å². The lowest BCUT2D eigenvalue weighted by atomic mass is 10.0. The van der Waals surface area contributed by atoms with Crippen LogP contribution in [0.2, 0.25) is 0 Å². The van der Waals surface area contributed by atoms with E-state index in [-0.39, 0.29) is 17.0 Å². The Kier molecular flexibility index (Phi) is 6.84. The molecule has 0 saturated carbocycles. The van der Waals surface area contributed by atoms with Gasteiger partial charge in [0.05, 0.1) is 18.4 Å². The van der Waals surface area contributed by atoms with Crippen LogP contribution in [0.25, 0.3) is 16.8 Å². The molecule has 0 unspecified atom stereocenters. The van der Waals surface area contributed by atoms with Gasteiger partial charge in [0.15, 0.2) is 11.5 Å². The minimum absolute atomic E-state index is 0.0434. The summed E-state index contributed by atoms with van der Waals surface area (Å²) < 4.78 is 24.8. The highest BCUT2D eigenvalue weighted by molar-refractivity contribution is 6.10. The summed E-state index contributed by atoms with van der Waals surface area (Å²) in [7, 11) is 1.43. The van der Waals surface area contributed by atoms with Gasteiger partial charge in [-0.1, -0.05) is 54.6 Å². The average Bonchev–Trinajstić information content (AvgIpc) is 2.88. The smallest absolute Gasteiger partial charge is 0.344 e. The molecule has 1 amide bonds. The Morgan fingerprint density at radius 2 is 1.69 bits per heavy atom. The number of anilines is 1. The number of rotatable bonds is 6. The number of hydrogen-bond acceptors (Lipinski definition) is 5. The predicted octanol–water partition coefficient (Wildman–Crippen LogP) is 5.75. The second-order valence-electron chi connectivity index (χ2n) is 7.43. The largest absolute Gasteiger partial charge is 0.493 e. The maximum absolute atomic E-state index is 13.9. The highest BCUT2D eigenvalue weighted by Crippen LogP contribution is 2.31. The summed E-state index contributed by atoms with van der Waals surface area (Å²) in [4.78, 5) is 25.5. The molecule has 0 aliphatic rings. The fraction of sp³-hybridized carbons (Fsp3) is 0.0357. The molecule has 0 bridgehead atoms. The lowest BCUT2D eigenvalue weighted by Crippen LogP contribution is -2.14. The van der Waals surface area contributed by atoms with E-state index >= 15 is 0 Å². The van der Waals surface area contributed by atoms with Crippen LogP contribution in [0.3, 0.4) is 0 Å². The molecule has 0 fully saturated rings. The first-order chi connectivity index (χ1) is 17.0. The number of esters is 1. The average molecular weight is 466 g/mol. The molecule has 6 nitrogen and oxygen atoms in total. The number of nitrogens with one attached hydrogen (secondary N) is 1. The first-order valence-electron chi connectivity index (χ1n) is 10.6. The van der Waals surface area contributed by atoms with Gasteiger partial charge in [-0.2, -0.15) is 5.26 Å². The van der Waals surface area contributed by atoms with Gasteiger partial charge in [0, 0.05) is 0 Å². The predicted molar refractivity (Wildman–Crippen MR) is 131 cm³/mol. The number of nitrogens with zero attached hydrogens (tertiary/aromatic N) is 1. The zero-order valence-electron chi connectivity index (χ0n) is 18.6. The number of benzene rings is 4. The maximum Gasteiger partial charge on any atom is 0.344 e. The van der Waals surface area contributed by atoms with Crippen molar-refractivity contribution in [1.29, 1.82) is 5.26 Å². The molecule has 1 N–H and O–H groups in total.